The Labute approximate surface area is 175 Å². The van der Waals surface area contributed by atoms with Gasteiger partial charge in [0.1, 0.15) is 0 Å². The molecule has 1 amide bonds. The second-order valence-electron chi connectivity index (χ2n) is 6.90. The maximum Gasteiger partial charge on any atom is 0.258 e. The topological polar surface area (TPSA) is 54.9 Å². The second kappa shape index (κ2) is 7.06. The number of para-hydroxylation sites is 1. The molecule has 3 heterocycles. The van der Waals surface area contributed by atoms with Crippen molar-refractivity contribution < 1.29 is 4.79 Å². The maximum atomic E-state index is 13.2. The molecule has 0 bridgehead atoms. The van der Waals surface area contributed by atoms with E-state index in [1.54, 1.807) is 11.3 Å². The minimum absolute atomic E-state index is 0.171. The molecule has 0 aliphatic rings. The van der Waals surface area contributed by atoms with Crippen molar-refractivity contribution in [3.8, 4) is 10.6 Å². The molecule has 142 valence electrons. The van der Waals surface area contributed by atoms with Gasteiger partial charge in [-0.05, 0) is 48.6 Å². The number of nitrogens with one attached hydrogen (secondary N) is 1. The summed E-state index contributed by atoms with van der Waals surface area (Å²) < 4.78 is 1.11. The zero-order valence-electron chi connectivity index (χ0n) is 15.9. The number of fused-ring (bicyclic) bond motifs is 2. The zero-order valence-corrected chi connectivity index (χ0v) is 17.5. The molecule has 2 aromatic carbocycles. The van der Waals surface area contributed by atoms with Crippen LogP contribution in [0.5, 0.6) is 0 Å². The van der Waals surface area contributed by atoms with Crippen LogP contribution in [0.25, 0.3) is 31.7 Å². The average molecular weight is 416 g/mol. The van der Waals surface area contributed by atoms with Crippen LogP contribution < -0.4 is 5.32 Å². The highest BCUT2D eigenvalue weighted by molar-refractivity contribution is 7.22. The summed E-state index contributed by atoms with van der Waals surface area (Å²) in [5.41, 5.74) is 5.44. The lowest BCUT2D eigenvalue weighted by molar-refractivity contribution is 0.102. The van der Waals surface area contributed by atoms with Gasteiger partial charge in [0.05, 0.1) is 31.9 Å². The molecule has 0 aliphatic heterocycles. The van der Waals surface area contributed by atoms with E-state index in [9.17, 15) is 4.79 Å². The predicted octanol–water partition coefficient (Wildman–Crippen LogP) is 6.44. The third-order valence-corrected chi connectivity index (χ3v) is 6.90. The molecule has 0 atom stereocenters. The maximum absolute atomic E-state index is 13.2. The van der Waals surface area contributed by atoms with Crippen molar-refractivity contribution in [1.82, 2.24) is 9.97 Å². The van der Waals surface area contributed by atoms with Gasteiger partial charge >= 0.3 is 0 Å². The van der Waals surface area contributed by atoms with Gasteiger partial charge in [0, 0.05) is 5.39 Å². The lowest BCUT2D eigenvalue weighted by atomic mass is 10.1. The number of rotatable bonds is 3. The van der Waals surface area contributed by atoms with E-state index in [0.29, 0.717) is 10.7 Å². The molecule has 0 fully saturated rings. The Morgan fingerprint density at radius 3 is 2.59 bits per heavy atom. The van der Waals surface area contributed by atoms with E-state index in [-0.39, 0.29) is 5.91 Å². The standard InChI is InChI=1S/C23H17N3OS2/c1-13-9-10-14(2)21-20(13)25-23(29-21)26-22(27)16-12-18(19-8-5-11-28-19)24-17-7-4-3-6-15(16)17/h3-12H,1-2H3,(H,25,26,27). The highest BCUT2D eigenvalue weighted by Gasteiger charge is 2.17. The van der Waals surface area contributed by atoms with E-state index < -0.39 is 0 Å². The smallest absolute Gasteiger partial charge is 0.258 e. The van der Waals surface area contributed by atoms with Gasteiger partial charge in [0.15, 0.2) is 5.13 Å². The van der Waals surface area contributed by atoms with Crippen LogP contribution in [0.1, 0.15) is 21.5 Å². The first-order valence-electron chi connectivity index (χ1n) is 9.22. The summed E-state index contributed by atoms with van der Waals surface area (Å²) in [4.78, 5) is 23.7. The van der Waals surface area contributed by atoms with Crippen molar-refractivity contribution >= 4 is 54.8 Å². The molecule has 29 heavy (non-hydrogen) atoms. The molecule has 1 N–H and O–H groups in total. The minimum Gasteiger partial charge on any atom is -0.298 e. The average Bonchev–Trinajstić information content (AvgIpc) is 3.40. The third-order valence-electron chi connectivity index (χ3n) is 4.90. The largest absolute Gasteiger partial charge is 0.298 e. The number of thiazole rings is 1. The monoisotopic (exact) mass is 415 g/mol. The Morgan fingerprint density at radius 2 is 1.79 bits per heavy atom. The van der Waals surface area contributed by atoms with Crippen LogP contribution in [0, 0.1) is 13.8 Å². The molecule has 6 heteroatoms. The Morgan fingerprint density at radius 1 is 0.966 bits per heavy atom. The molecule has 0 saturated carbocycles. The van der Waals surface area contributed by atoms with Gasteiger partial charge in [0.25, 0.3) is 5.91 Å². The summed E-state index contributed by atoms with van der Waals surface area (Å²) in [6.07, 6.45) is 0. The molecule has 0 aliphatic carbocycles. The quantitative estimate of drug-likeness (QED) is 0.369. The van der Waals surface area contributed by atoms with Gasteiger partial charge in [-0.15, -0.1) is 11.3 Å². The van der Waals surface area contributed by atoms with Crippen molar-refractivity contribution in [2.24, 2.45) is 0 Å². The fourth-order valence-electron chi connectivity index (χ4n) is 3.39. The molecule has 0 saturated heterocycles. The number of aryl methyl sites for hydroxylation is 2. The highest BCUT2D eigenvalue weighted by Crippen LogP contribution is 2.32. The van der Waals surface area contributed by atoms with Crippen LogP contribution in [0.4, 0.5) is 5.13 Å². The molecule has 5 rings (SSSR count). The summed E-state index contributed by atoms with van der Waals surface area (Å²) >= 11 is 3.12. The lowest BCUT2D eigenvalue weighted by Gasteiger charge is -2.08. The number of thiophene rings is 1. The number of nitrogens with zero attached hydrogens (tertiary/aromatic N) is 2. The fourth-order valence-corrected chi connectivity index (χ4v) is 5.08. The van der Waals surface area contributed by atoms with Gasteiger partial charge in [-0.3, -0.25) is 10.1 Å². The number of carbonyl (C=O) groups is 1. The van der Waals surface area contributed by atoms with Crippen molar-refractivity contribution in [2.45, 2.75) is 13.8 Å². The number of hydrogen-bond donors (Lipinski definition) is 1. The van der Waals surface area contributed by atoms with Crippen LogP contribution >= 0.6 is 22.7 Å². The van der Waals surface area contributed by atoms with Gasteiger partial charge in [-0.25, -0.2) is 9.97 Å². The summed E-state index contributed by atoms with van der Waals surface area (Å²) in [6.45, 7) is 4.10. The van der Waals surface area contributed by atoms with Crippen LogP contribution in [-0.4, -0.2) is 15.9 Å². The first kappa shape index (κ1) is 18.0. The van der Waals surface area contributed by atoms with Gasteiger partial charge in [-0.1, -0.05) is 47.7 Å². The number of amides is 1. The number of benzene rings is 2. The molecule has 0 radical (unpaired) electrons. The summed E-state index contributed by atoms with van der Waals surface area (Å²) in [5.74, 6) is -0.171. The van der Waals surface area contributed by atoms with Crippen molar-refractivity contribution in [3.63, 3.8) is 0 Å². The van der Waals surface area contributed by atoms with Gasteiger partial charge in [-0.2, -0.15) is 0 Å². The van der Waals surface area contributed by atoms with Crippen LogP contribution in [-0.2, 0) is 0 Å². The molecule has 4 nitrogen and oxygen atoms in total. The van der Waals surface area contributed by atoms with Crippen molar-refractivity contribution in [1.29, 1.82) is 0 Å². The Balaban J connectivity index is 1.59. The Bertz CT molecular complexity index is 1330. The Hall–Kier alpha value is -3.09. The lowest BCUT2D eigenvalue weighted by Crippen LogP contribution is -2.12. The van der Waals surface area contributed by atoms with Gasteiger partial charge < -0.3 is 0 Å². The minimum atomic E-state index is -0.171. The normalized spacial score (nSPS) is 11.2. The second-order valence-corrected chi connectivity index (χ2v) is 8.85. The van der Waals surface area contributed by atoms with E-state index in [1.807, 2.05) is 54.8 Å². The molecule has 3 aromatic heterocycles. The molecule has 0 spiro atoms. The van der Waals surface area contributed by atoms with Gasteiger partial charge in [0.2, 0.25) is 0 Å². The fraction of sp³-hybridized carbons (Fsp3) is 0.0870. The Kier molecular flexibility index (Phi) is 4.38. The van der Waals surface area contributed by atoms with E-state index in [4.69, 9.17) is 4.98 Å². The third kappa shape index (κ3) is 3.20. The SMILES string of the molecule is Cc1ccc(C)c2sc(NC(=O)c3cc(-c4cccs4)nc4ccccc34)nc12. The van der Waals surface area contributed by atoms with E-state index >= 15 is 0 Å². The summed E-state index contributed by atoms with van der Waals surface area (Å²) in [7, 11) is 0. The number of pyridine rings is 1. The zero-order chi connectivity index (χ0) is 20.0. The highest BCUT2D eigenvalue weighted by atomic mass is 32.1. The molecular weight excluding hydrogens is 398 g/mol. The predicted molar refractivity (Wildman–Crippen MR) is 122 cm³/mol. The molecule has 5 aromatic rings. The summed E-state index contributed by atoms with van der Waals surface area (Å²) in [5, 5.41) is 6.47. The molecular formula is C23H17N3OS2. The number of carbonyl (C=O) groups excluding carboxylic acids is 1. The summed E-state index contributed by atoms with van der Waals surface area (Å²) in [6, 6.07) is 17.8. The van der Waals surface area contributed by atoms with Crippen molar-refractivity contribution in [3.05, 3.63) is 76.7 Å². The van der Waals surface area contributed by atoms with E-state index in [2.05, 4.69) is 29.4 Å². The first-order valence-corrected chi connectivity index (χ1v) is 10.9. The number of hydrogen-bond acceptors (Lipinski definition) is 5. The van der Waals surface area contributed by atoms with Crippen molar-refractivity contribution in [2.75, 3.05) is 5.32 Å². The first-order chi connectivity index (χ1) is 14.1. The van der Waals surface area contributed by atoms with Crippen LogP contribution in [0.15, 0.2) is 60.0 Å². The number of anilines is 1. The van der Waals surface area contributed by atoms with Crippen LogP contribution in [0.2, 0.25) is 0 Å². The van der Waals surface area contributed by atoms with Crippen LogP contribution in [0.3, 0.4) is 0 Å². The van der Waals surface area contributed by atoms with E-state index in [1.165, 1.54) is 11.3 Å². The molecule has 0 unspecified atom stereocenters. The van der Waals surface area contributed by atoms with E-state index in [0.717, 1.165) is 42.8 Å². The number of aromatic nitrogens is 2.